The van der Waals surface area contributed by atoms with E-state index in [1.807, 2.05) is 48.5 Å². The lowest BCUT2D eigenvalue weighted by Crippen LogP contribution is -2.46. The van der Waals surface area contributed by atoms with Gasteiger partial charge in [0, 0.05) is 24.3 Å². The first-order valence-corrected chi connectivity index (χ1v) is 12.2. The predicted octanol–water partition coefficient (Wildman–Crippen LogP) is 1.27. The van der Waals surface area contributed by atoms with Crippen LogP contribution in [0.25, 0.3) is 0 Å². The molecule has 1 aromatic rings. The molecule has 11 heteroatoms. The summed E-state index contributed by atoms with van der Waals surface area (Å²) in [6.45, 7) is 14.7. The van der Waals surface area contributed by atoms with Crippen molar-refractivity contribution in [2.45, 2.75) is 67.5 Å². The maximum absolute atomic E-state index is 11.6. The van der Waals surface area contributed by atoms with Crippen LogP contribution in [0.15, 0.2) is 24.3 Å². The average Bonchev–Trinajstić information content (AvgIpc) is 2.87. The second-order valence-electron chi connectivity index (χ2n) is 8.71. The minimum absolute atomic E-state index is 0.0177. The summed E-state index contributed by atoms with van der Waals surface area (Å²) in [4.78, 5) is 33.1. The number of rotatable bonds is 10. The normalized spacial score (nSPS) is 10.8. The van der Waals surface area contributed by atoms with Gasteiger partial charge in [-0.1, -0.05) is 60.6 Å². The van der Waals surface area contributed by atoms with Crippen molar-refractivity contribution in [1.29, 1.82) is 0 Å². The van der Waals surface area contributed by atoms with Crippen LogP contribution in [-0.4, -0.2) is 60.3 Å². The maximum Gasteiger partial charge on any atom is 0.312 e. The lowest BCUT2D eigenvalue weighted by atomic mass is 9.96. The van der Waals surface area contributed by atoms with Crippen molar-refractivity contribution in [2.24, 2.45) is 28.5 Å². The van der Waals surface area contributed by atoms with E-state index in [9.17, 15) is 14.4 Å². The molecule has 1 unspecified atom stereocenters. The number of aliphatic hydroxyl groups is 2. The van der Waals surface area contributed by atoms with Gasteiger partial charge in [-0.05, 0) is 36.6 Å². The van der Waals surface area contributed by atoms with Crippen molar-refractivity contribution in [1.82, 2.24) is 10.6 Å². The third-order valence-corrected chi connectivity index (χ3v) is 4.39. The maximum atomic E-state index is 11.6. The van der Waals surface area contributed by atoms with Gasteiger partial charge in [0.25, 0.3) is 0 Å². The minimum atomic E-state index is -0.619. The minimum Gasteiger partial charge on any atom is -0.396 e. The summed E-state index contributed by atoms with van der Waals surface area (Å²) in [5.74, 6) is -0.652. The van der Waals surface area contributed by atoms with Crippen LogP contribution in [0.2, 0.25) is 0 Å². The van der Waals surface area contributed by atoms with Crippen molar-refractivity contribution < 1.29 is 24.6 Å². The molecule has 1 aromatic carbocycles. The van der Waals surface area contributed by atoms with E-state index in [-0.39, 0.29) is 42.9 Å². The number of carbonyl (C=O) groups is 3. The number of nitrogens with two attached hydrogens (primary N) is 3. The molecular formula is C25H50N6O5. The summed E-state index contributed by atoms with van der Waals surface area (Å²) in [6, 6.07) is 5.73. The van der Waals surface area contributed by atoms with Gasteiger partial charge in [-0.15, -0.1) is 0 Å². The SMILES string of the molecule is CC.CC(C)(CN)CO.CC(C)C(N)C(=O)NCC(=O)Nc1ccc(CO)cc1.CCCNC(N)=O. The number of carbonyl (C=O) groups excluding carboxylic acids is 3. The van der Waals surface area contributed by atoms with Crippen molar-refractivity contribution in [3.05, 3.63) is 29.8 Å². The van der Waals surface area contributed by atoms with Crippen LogP contribution in [-0.2, 0) is 16.2 Å². The Morgan fingerprint density at radius 3 is 1.86 bits per heavy atom. The lowest BCUT2D eigenvalue weighted by Gasteiger charge is -2.17. The summed E-state index contributed by atoms with van der Waals surface area (Å²) in [6.07, 6.45) is 0.933. The molecule has 0 bridgehead atoms. The summed E-state index contributed by atoms with van der Waals surface area (Å²) in [5.41, 5.74) is 16.9. The van der Waals surface area contributed by atoms with Gasteiger partial charge in [-0.2, -0.15) is 0 Å². The first-order valence-electron chi connectivity index (χ1n) is 12.2. The van der Waals surface area contributed by atoms with E-state index in [1.165, 1.54) is 0 Å². The molecule has 1 atom stereocenters. The van der Waals surface area contributed by atoms with Gasteiger partial charge in [-0.3, -0.25) is 9.59 Å². The second kappa shape index (κ2) is 22.7. The van der Waals surface area contributed by atoms with Gasteiger partial charge < -0.3 is 43.4 Å². The zero-order chi connectivity index (χ0) is 28.7. The molecule has 36 heavy (non-hydrogen) atoms. The van der Waals surface area contributed by atoms with Gasteiger partial charge >= 0.3 is 6.03 Å². The molecule has 11 nitrogen and oxygen atoms in total. The first kappa shape index (κ1) is 37.8. The quantitative estimate of drug-likeness (QED) is 0.229. The number of anilines is 1. The summed E-state index contributed by atoms with van der Waals surface area (Å²) in [7, 11) is 0. The zero-order valence-corrected chi connectivity index (χ0v) is 23.1. The number of amides is 4. The summed E-state index contributed by atoms with van der Waals surface area (Å²) in [5, 5.41) is 25.0. The number of aliphatic hydroxyl groups excluding tert-OH is 2. The number of primary amides is 1. The van der Waals surface area contributed by atoms with Gasteiger partial charge in [-0.25, -0.2) is 4.79 Å². The highest BCUT2D eigenvalue weighted by Gasteiger charge is 2.17. The standard InChI is InChI=1S/C14H21N3O3.C5H13NO.C4H10N2O.C2H6/c1-9(2)13(15)14(20)16-7-12(19)17-11-5-3-10(8-18)4-6-11;1-5(2,3-6)4-7;1-2-3-6-4(5)7;1-2/h3-6,9,13,18H,7-8,15H2,1-2H3,(H,16,20)(H,17,19);7H,3-4,6H2,1-2H3;2-3H2,1H3,(H3,5,6,7);1-2H3. The van der Waals surface area contributed by atoms with Crippen LogP contribution < -0.4 is 33.2 Å². The average molecular weight is 515 g/mol. The largest absolute Gasteiger partial charge is 0.396 e. The summed E-state index contributed by atoms with van der Waals surface area (Å²) < 4.78 is 0. The summed E-state index contributed by atoms with van der Waals surface area (Å²) >= 11 is 0. The van der Waals surface area contributed by atoms with Gasteiger partial charge in [0.2, 0.25) is 11.8 Å². The molecule has 0 aromatic heterocycles. The van der Waals surface area contributed by atoms with Crippen LogP contribution in [0.1, 0.15) is 60.5 Å². The molecule has 0 saturated carbocycles. The van der Waals surface area contributed by atoms with Gasteiger partial charge in [0.1, 0.15) is 0 Å². The Labute approximate surface area is 216 Å². The van der Waals surface area contributed by atoms with Crippen LogP contribution in [0.5, 0.6) is 0 Å². The van der Waals surface area contributed by atoms with Crippen molar-refractivity contribution in [3.63, 3.8) is 0 Å². The Bertz CT molecular complexity index is 705. The van der Waals surface area contributed by atoms with E-state index >= 15 is 0 Å². The predicted molar refractivity (Wildman–Crippen MR) is 146 cm³/mol. The number of nitrogens with one attached hydrogen (secondary N) is 3. The van der Waals surface area contributed by atoms with Crippen molar-refractivity contribution >= 4 is 23.5 Å². The van der Waals surface area contributed by atoms with Crippen molar-refractivity contribution in [2.75, 3.05) is 31.6 Å². The van der Waals surface area contributed by atoms with Gasteiger partial charge in [0.15, 0.2) is 0 Å². The monoisotopic (exact) mass is 514 g/mol. The Morgan fingerprint density at radius 1 is 1.03 bits per heavy atom. The fraction of sp³-hybridized carbons (Fsp3) is 0.640. The molecular weight excluding hydrogens is 464 g/mol. The Hall–Kier alpha value is -2.73. The van der Waals surface area contributed by atoms with Crippen LogP contribution in [0.3, 0.4) is 0 Å². The molecule has 1 rings (SSSR count). The molecule has 4 amide bonds. The smallest absolute Gasteiger partial charge is 0.312 e. The first-order chi connectivity index (χ1) is 16.8. The molecule has 0 aliphatic carbocycles. The fourth-order valence-electron chi connectivity index (χ4n) is 1.80. The molecule has 11 N–H and O–H groups in total. The zero-order valence-electron chi connectivity index (χ0n) is 23.1. The third-order valence-electron chi connectivity index (χ3n) is 4.39. The highest BCUT2D eigenvalue weighted by atomic mass is 16.3. The van der Waals surface area contributed by atoms with E-state index < -0.39 is 12.1 Å². The fourth-order valence-corrected chi connectivity index (χ4v) is 1.80. The Balaban J connectivity index is -0.000000559. The highest BCUT2D eigenvalue weighted by Crippen LogP contribution is 2.09. The van der Waals surface area contributed by atoms with E-state index in [1.54, 1.807) is 24.3 Å². The van der Waals surface area contributed by atoms with Crippen LogP contribution in [0, 0.1) is 11.3 Å². The molecule has 0 fully saturated rings. The molecule has 0 heterocycles. The molecule has 0 spiro atoms. The Morgan fingerprint density at radius 2 is 1.56 bits per heavy atom. The van der Waals surface area contributed by atoms with E-state index in [0.29, 0.717) is 18.8 Å². The number of benzene rings is 1. The van der Waals surface area contributed by atoms with Crippen LogP contribution >= 0.6 is 0 Å². The number of hydrogen-bond acceptors (Lipinski definition) is 7. The molecule has 0 radical (unpaired) electrons. The third kappa shape index (κ3) is 21.8. The Kier molecular flexibility index (Phi) is 23.9. The highest BCUT2D eigenvalue weighted by molar-refractivity contribution is 5.95. The molecule has 0 aliphatic rings. The second-order valence-corrected chi connectivity index (χ2v) is 8.71. The number of hydrogen-bond donors (Lipinski definition) is 8. The lowest BCUT2D eigenvalue weighted by molar-refractivity contribution is -0.125. The van der Waals surface area contributed by atoms with E-state index in [4.69, 9.17) is 27.4 Å². The molecule has 210 valence electrons. The number of urea groups is 1. The molecule has 0 aliphatic heterocycles. The van der Waals surface area contributed by atoms with E-state index in [2.05, 4.69) is 16.0 Å². The van der Waals surface area contributed by atoms with E-state index in [0.717, 1.165) is 12.0 Å². The molecule has 0 saturated heterocycles. The topological polar surface area (TPSA) is 206 Å². The van der Waals surface area contributed by atoms with Crippen molar-refractivity contribution in [3.8, 4) is 0 Å². The van der Waals surface area contributed by atoms with Gasteiger partial charge in [0.05, 0.1) is 19.2 Å². The van der Waals surface area contributed by atoms with Crippen LogP contribution in [0.4, 0.5) is 10.5 Å².